The first-order valence-corrected chi connectivity index (χ1v) is 7.82. The van der Waals surface area contributed by atoms with Crippen LogP contribution in [0.2, 0.25) is 5.02 Å². The first-order chi connectivity index (χ1) is 11.5. The van der Waals surface area contributed by atoms with Gasteiger partial charge < -0.3 is 15.2 Å². The molecule has 1 heterocycles. The summed E-state index contributed by atoms with van der Waals surface area (Å²) in [4.78, 5) is 23.8. The molecule has 24 heavy (non-hydrogen) atoms. The van der Waals surface area contributed by atoms with Crippen molar-refractivity contribution in [1.29, 1.82) is 0 Å². The van der Waals surface area contributed by atoms with E-state index >= 15 is 0 Å². The molecule has 0 atom stereocenters. The van der Waals surface area contributed by atoms with E-state index in [4.69, 9.17) is 16.3 Å². The molecule has 0 saturated carbocycles. The molecule has 0 aliphatic heterocycles. The van der Waals surface area contributed by atoms with Gasteiger partial charge in [-0.15, -0.1) is 0 Å². The molecule has 1 amide bonds. The second-order valence-electron chi connectivity index (χ2n) is 4.72. The number of carbonyl (C=O) groups excluding carboxylic acids is 2. The SMILES string of the molecule is O=C(COC(=O)c1cc(Cl)ccc1O)Nc1cccc2nsnc12. The number of esters is 1. The summed E-state index contributed by atoms with van der Waals surface area (Å²) in [7, 11) is 0. The zero-order valence-corrected chi connectivity index (χ0v) is 13.6. The first kappa shape index (κ1) is 16.2. The number of fused-ring (bicyclic) bond motifs is 1. The minimum absolute atomic E-state index is 0.110. The van der Waals surface area contributed by atoms with Crippen molar-refractivity contribution in [3.8, 4) is 5.75 Å². The van der Waals surface area contributed by atoms with Gasteiger partial charge in [0, 0.05) is 5.02 Å². The number of halogens is 1. The molecule has 0 aliphatic carbocycles. The maximum absolute atomic E-state index is 11.9. The molecule has 0 fully saturated rings. The first-order valence-electron chi connectivity index (χ1n) is 6.71. The molecule has 3 rings (SSSR count). The fourth-order valence-electron chi connectivity index (χ4n) is 1.97. The molecule has 9 heteroatoms. The summed E-state index contributed by atoms with van der Waals surface area (Å²) in [6, 6.07) is 9.15. The average Bonchev–Trinajstić information content (AvgIpc) is 3.04. The molecule has 2 aromatic carbocycles. The van der Waals surface area contributed by atoms with Crippen LogP contribution in [0, 0.1) is 0 Å². The number of nitrogens with zero attached hydrogens (tertiary/aromatic N) is 2. The number of phenolic OH excluding ortho intramolecular Hbond substituents is 1. The summed E-state index contributed by atoms with van der Waals surface area (Å²) >= 11 is 6.80. The van der Waals surface area contributed by atoms with Crippen molar-refractivity contribution in [3.05, 3.63) is 47.0 Å². The van der Waals surface area contributed by atoms with E-state index in [1.807, 2.05) is 0 Å². The van der Waals surface area contributed by atoms with Crippen LogP contribution in [-0.4, -0.2) is 32.3 Å². The van der Waals surface area contributed by atoms with Crippen LogP contribution < -0.4 is 5.32 Å². The summed E-state index contributed by atoms with van der Waals surface area (Å²) in [5.41, 5.74) is 1.60. The van der Waals surface area contributed by atoms with Crippen LogP contribution in [0.1, 0.15) is 10.4 Å². The Morgan fingerprint density at radius 2 is 2.08 bits per heavy atom. The van der Waals surface area contributed by atoms with Crippen molar-refractivity contribution in [3.63, 3.8) is 0 Å². The molecule has 0 spiro atoms. The average molecular weight is 364 g/mol. The van der Waals surface area contributed by atoms with Gasteiger partial charge in [-0.2, -0.15) is 8.75 Å². The molecule has 0 aliphatic rings. The van der Waals surface area contributed by atoms with Gasteiger partial charge in [0.1, 0.15) is 22.3 Å². The minimum atomic E-state index is -0.848. The molecule has 122 valence electrons. The van der Waals surface area contributed by atoms with Gasteiger partial charge in [0.15, 0.2) is 6.61 Å². The van der Waals surface area contributed by atoms with E-state index in [1.54, 1.807) is 18.2 Å². The highest BCUT2D eigenvalue weighted by molar-refractivity contribution is 7.00. The van der Waals surface area contributed by atoms with E-state index in [2.05, 4.69) is 14.1 Å². The lowest BCUT2D eigenvalue weighted by Gasteiger charge is -2.08. The van der Waals surface area contributed by atoms with Crippen LogP contribution in [0.15, 0.2) is 36.4 Å². The number of phenols is 1. The predicted octanol–water partition coefficient (Wildman–Crippen LogP) is 2.85. The molecule has 0 unspecified atom stereocenters. The van der Waals surface area contributed by atoms with Gasteiger partial charge >= 0.3 is 5.97 Å². The fraction of sp³-hybridized carbons (Fsp3) is 0.0667. The van der Waals surface area contributed by atoms with Crippen molar-refractivity contribution in [2.75, 3.05) is 11.9 Å². The van der Waals surface area contributed by atoms with Crippen LogP contribution in [0.3, 0.4) is 0 Å². The number of nitrogens with one attached hydrogen (secondary N) is 1. The number of carbonyl (C=O) groups is 2. The van der Waals surface area contributed by atoms with Crippen molar-refractivity contribution in [2.45, 2.75) is 0 Å². The summed E-state index contributed by atoms with van der Waals surface area (Å²) in [5.74, 6) is -1.66. The molecule has 7 nitrogen and oxygen atoms in total. The summed E-state index contributed by atoms with van der Waals surface area (Å²) in [6.45, 7) is -0.515. The van der Waals surface area contributed by atoms with Gasteiger partial charge in [-0.1, -0.05) is 17.7 Å². The molecule has 0 radical (unpaired) electrons. The Morgan fingerprint density at radius 3 is 2.92 bits per heavy atom. The maximum Gasteiger partial charge on any atom is 0.342 e. The number of aromatic hydroxyl groups is 1. The summed E-state index contributed by atoms with van der Waals surface area (Å²) < 4.78 is 13.1. The number of benzene rings is 2. The van der Waals surface area contributed by atoms with E-state index in [9.17, 15) is 14.7 Å². The smallest absolute Gasteiger partial charge is 0.342 e. The third kappa shape index (κ3) is 3.44. The van der Waals surface area contributed by atoms with Crippen molar-refractivity contribution < 1.29 is 19.4 Å². The molecular formula is C15H10ClN3O4S. The maximum atomic E-state index is 11.9. The Balaban J connectivity index is 1.64. The van der Waals surface area contributed by atoms with Crippen LogP contribution in [0.25, 0.3) is 11.0 Å². The van der Waals surface area contributed by atoms with E-state index in [0.717, 1.165) is 11.7 Å². The van der Waals surface area contributed by atoms with Gasteiger partial charge in [-0.25, -0.2) is 4.79 Å². The third-order valence-corrected chi connectivity index (χ3v) is 3.85. The molecule has 0 bridgehead atoms. The standard InChI is InChI=1S/C15H10ClN3O4S/c16-8-4-5-12(20)9(6-8)15(22)23-7-13(21)17-10-2-1-3-11-14(10)19-24-18-11/h1-6,20H,7H2,(H,17,21). The Morgan fingerprint density at radius 1 is 1.25 bits per heavy atom. The van der Waals surface area contributed by atoms with E-state index in [-0.39, 0.29) is 16.3 Å². The van der Waals surface area contributed by atoms with Crippen molar-refractivity contribution in [2.24, 2.45) is 0 Å². The fourth-order valence-corrected chi connectivity index (χ4v) is 2.70. The monoisotopic (exact) mass is 363 g/mol. The van der Waals surface area contributed by atoms with Crippen LogP contribution in [0.5, 0.6) is 5.75 Å². The predicted molar refractivity (Wildman–Crippen MR) is 89.4 cm³/mol. The lowest BCUT2D eigenvalue weighted by molar-refractivity contribution is -0.119. The highest BCUT2D eigenvalue weighted by Crippen LogP contribution is 2.23. The van der Waals surface area contributed by atoms with Gasteiger partial charge in [0.05, 0.1) is 17.4 Å². The Labute approximate surface area is 145 Å². The minimum Gasteiger partial charge on any atom is -0.507 e. The van der Waals surface area contributed by atoms with Gasteiger partial charge in [0.25, 0.3) is 5.91 Å². The van der Waals surface area contributed by atoms with Gasteiger partial charge in [0.2, 0.25) is 0 Å². The van der Waals surface area contributed by atoms with Crippen LogP contribution in [0.4, 0.5) is 5.69 Å². The van der Waals surface area contributed by atoms with Gasteiger partial charge in [-0.3, -0.25) is 4.79 Å². The van der Waals surface area contributed by atoms with Crippen molar-refractivity contribution >= 4 is 51.9 Å². The molecule has 1 aromatic heterocycles. The van der Waals surface area contributed by atoms with E-state index in [0.29, 0.717) is 16.7 Å². The van der Waals surface area contributed by atoms with Crippen LogP contribution in [-0.2, 0) is 9.53 Å². The molecular weight excluding hydrogens is 354 g/mol. The molecule has 0 saturated heterocycles. The topological polar surface area (TPSA) is 101 Å². The van der Waals surface area contributed by atoms with Crippen LogP contribution >= 0.6 is 23.3 Å². The van der Waals surface area contributed by atoms with E-state index in [1.165, 1.54) is 18.2 Å². The van der Waals surface area contributed by atoms with Gasteiger partial charge in [-0.05, 0) is 30.3 Å². The number of anilines is 1. The number of rotatable bonds is 4. The lowest BCUT2D eigenvalue weighted by Crippen LogP contribution is -2.21. The normalized spacial score (nSPS) is 10.5. The number of ether oxygens (including phenoxy) is 1. The third-order valence-electron chi connectivity index (χ3n) is 3.07. The molecule has 3 aromatic rings. The quantitative estimate of drug-likeness (QED) is 0.691. The zero-order valence-electron chi connectivity index (χ0n) is 12.0. The second kappa shape index (κ2) is 6.81. The van der Waals surface area contributed by atoms with Crippen molar-refractivity contribution in [1.82, 2.24) is 8.75 Å². The number of amides is 1. The Bertz CT molecular complexity index is 928. The lowest BCUT2D eigenvalue weighted by atomic mass is 10.2. The molecule has 2 N–H and O–H groups in total. The number of hydrogen-bond acceptors (Lipinski definition) is 7. The highest BCUT2D eigenvalue weighted by Gasteiger charge is 2.16. The van der Waals surface area contributed by atoms with E-state index < -0.39 is 18.5 Å². The zero-order chi connectivity index (χ0) is 17.1. The summed E-state index contributed by atoms with van der Waals surface area (Å²) in [6.07, 6.45) is 0. The number of hydrogen-bond donors (Lipinski definition) is 2. The highest BCUT2D eigenvalue weighted by atomic mass is 35.5. The Hall–Kier alpha value is -2.71. The summed E-state index contributed by atoms with van der Waals surface area (Å²) in [5, 5.41) is 12.5. The largest absolute Gasteiger partial charge is 0.507 e. The second-order valence-corrected chi connectivity index (χ2v) is 5.69. The number of aromatic nitrogens is 2. The Kier molecular flexibility index (Phi) is 4.59.